The quantitative estimate of drug-likeness (QED) is 0.746. The molecule has 5 nitrogen and oxygen atoms in total. The van der Waals surface area contributed by atoms with Gasteiger partial charge in [0, 0.05) is 25.9 Å². The summed E-state index contributed by atoms with van der Waals surface area (Å²) in [6, 6.07) is 0. The summed E-state index contributed by atoms with van der Waals surface area (Å²) in [7, 11) is 1.38. The molecule has 1 aliphatic heterocycles. The van der Waals surface area contributed by atoms with Crippen molar-refractivity contribution in [2.24, 2.45) is 5.92 Å². The van der Waals surface area contributed by atoms with Gasteiger partial charge in [0.1, 0.15) is 0 Å². The van der Waals surface area contributed by atoms with Crippen LogP contribution in [0.15, 0.2) is 0 Å². The van der Waals surface area contributed by atoms with Crippen LogP contribution in [0.2, 0.25) is 0 Å². The van der Waals surface area contributed by atoms with Crippen LogP contribution in [0.4, 0.5) is 0 Å². The first-order valence-corrected chi connectivity index (χ1v) is 8.03. The molecule has 1 saturated carbocycles. The number of amides is 1. The zero-order valence-electron chi connectivity index (χ0n) is 13.2. The highest BCUT2D eigenvalue weighted by molar-refractivity contribution is 5.77. The Balaban J connectivity index is 1.85. The number of hydrogen-bond acceptors (Lipinski definition) is 4. The van der Waals surface area contributed by atoms with Gasteiger partial charge in [0.2, 0.25) is 5.91 Å². The zero-order valence-corrected chi connectivity index (χ0v) is 13.2. The van der Waals surface area contributed by atoms with E-state index in [9.17, 15) is 9.59 Å². The first-order chi connectivity index (χ1) is 10.0. The molecule has 1 spiro atoms. The lowest BCUT2D eigenvalue weighted by Gasteiger charge is -2.45. The Labute approximate surface area is 127 Å². The molecule has 1 saturated heterocycles. The van der Waals surface area contributed by atoms with Gasteiger partial charge in [-0.2, -0.15) is 0 Å². The normalized spacial score (nSPS) is 22.9. The smallest absolute Gasteiger partial charge is 0.305 e. The van der Waals surface area contributed by atoms with Crippen molar-refractivity contribution >= 4 is 11.9 Å². The van der Waals surface area contributed by atoms with E-state index in [1.54, 1.807) is 0 Å². The number of methoxy groups -OCH3 is 1. The van der Waals surface area contributed by atoms with Crippen LogP contribution >= 0.6 is 0 Å². The average molecular weight is 297 g/mol. The molecule has 0 radical (unpaired) electrons. The minimum Gasteiger partial charge on any atom is -0.469 e. The molecule has 2 rings (SSSR count). The highest BCUT2D eigenvalue weighted by atomic mass is 16.5. The number of esters is 1. The van der Waals surface area contributed by atoms with Gasteiger partial charge in [-0.1, -0.05) is 26.2 Å². The number of rotatable bonds is 4. The third-order valence-corrected chi connectivity index (χ3v) is 4.63. The molecule has 0 unspecified atom stereocenters. The van der Waals surface area contributed by atoms with E-state index in [2.05, 4.69) is 4.74 Å². The van der Waals surface area contributed by atoms with Crippen LogP contribution in [0.5, 0.6) is 0 Å². The zero-order chi connectivity index (χ0) is 15.3. The molecule has 2 aliphatic rings. The molecule has 5 heteroatoms. The van der Waals surface area contributed by atoms with Crippen molar-refractivity contribution in [3.63, 3.8) is 0 Å². The third-order valence-electron chi connectivity index (χ3n) is 4.63. The molecular formula is C16H27NO4. The van der Waals surface area contributed by atoms with Crippen molar-refractivity contribution in [2.45, 2.75) is 57.5 Å². The summed E-state index contributed by atoms with van der Waals surface area (Å²) in [5.41, 5.74) is -0.0995. The highest BCUT2D eigenvalue weighted by Gasteiger charge is 2.39. The van der Waals surface area contributed by atoms with E-state index in [0.717, 1.165) is 19.4 Å². The summed E-state index contributed by atoms with van der Waals surface area (Å²) in [5.74, 6) is -0.0872. The van der Waals surface area contributed by atoms with E-state index in [1.807, 2.05) is 11.8 Å². The lowest BCUT2D eigenvalue weighted by molar-refractivity contribution is -0.157. The van der Waals surface area contributed by atoms with Crippen molar-refractivity contribution in [3.8, 4) is 0 Å². The fraction of sp³-hybridized carbons (Fsp3) is 0.875. The van der Waals surface area contributed by atoms with Crippen LogP contribution in [0.1, 0.15) is 51.9 Å². The molecule has 1 atom stereocenters. The Morgan fingerprint density at radius 3 is 2.62 bits per heavy atom. The van der Waals surface area contributed by atoms with E-state index in [-0.39, 0.29) is 23.4 Å². The maximum Gasteiger partial charge on any atom is 0.305 e. The standard InChI is InChI=1S/C16H27NO4/c1-13(11-15(19)20-2)10-14(18)17-8-9-21-16(12-17)6-4-3-5-7-16/h13H,3-12H2,1-2H3/t13-/m1/s1. The summed E-state index contributed by atoms with van der Waals surface area (Å²) < 4.78 is 10.7. The van der Waals surface area contributed by atoms with Gasteiger partial charge >= 0.3 is 5.97 Å². The molecule has 0 aromatic rings. The first kappa shape index (κ1) is 16.3. The maximum absolute atomic E-state index is 12.4. The molecule has 1 heterocycles. The summed E-state index contributed by atoms with van der Waals surface area (Å²) in [6.07, 6.45) is 6.50. The molecule has 120 valence electrons. The molecule has 1 amide bonds. The number of ether oxygens (including phenoxy) is 2. The number of hydrogen-bond donors (Lipinski definition) is 0. The number of carbonyl (C=O) groups excluding carboxylic acids is 2. The van der Waals surface area contributed by atoms with E-state index in [1.165, 1.54) is 26.4 Å². The Morgan fingerprint density at radius 1 is 1.24 bits per heavy atom. The Bertz CT molecular complexity index is 371. The summed E-state index contributed by atoms with van der Waals surface area (Å²) in [4.78, 5) is 25.6. The van der Waals surface area contributed by atoms with Crippen molar-refractivity contribution in [2.75, 3.05) is 26.8 Å². The Kier molecular flexibility index (Phi) is 5.62. The molecule has 21 heavy (non-hydrogen) atoms. The molecule has 2 fully saturated rings. The number of morpholine rings is 1. The molecule has 1 aliphatic carbocycles. The van der Waals surface area contributed by atoms with Crippen molar-refractivity contribution in [1.82, 2.24) is 4.90 Å². The van der Waals surface area contributed by atoms with Gasteiger partial charge in [-0.15, -0.1) is 0 Å². The monoisotopic (exact) mass is 297 g/mol. The minimum atomic E-state index is -0.249. The SMILES string of the molecule is COC(=O)C[C@H](C)CC(=O)N1CCOC2(CCCCC2)C1. The topological polar surface area (TPSA) is 55.8 Å². The van der Waals surface area contributed by atoms with Gasteiger partial charge in [-0.05, 0) is 18.8 Å². The summed E-state index contributed by atoms with van der Waals surface area (Å²) in [6.45, 7) is 3.95. The molecule has 0 N–H and O–H groups in total. The van der Waals surface area contributed by atoms with Crippen LogP contribution in [0, 0.1) is 5.92 Å². The van der Waals surface area contributed by atoms with Crippen molar-refractivity contribution in [3.05, 3.63) is 0 Å². The second kappa shape index (κ2) is 7.25. The molecular weight excluding hydrogens is 270 g/mol. The Hall–Kier alpha value is -1.10. The van der Waals surface area contributed by atoms with E-state index in [4.69, 9.17) is 4.74 Å². The van der Waals surface area contributed by atoms with Crippen molar-refractivity contribution < 1.29 is 19.1 Å². The van der Waals surface area contributed by atoms with Gasteiger partial charge in [-0.3, -0.25) is 9.59 Å². The molecule has 0 aromatic heterocycles. The van der Waals surface area contributed by atoms with Crippen LogP contribution in [0.25, 0.3) is 0 Å². The number of carbonyl (C=O) groups is 2. The molecule has 0 bridgehead atoms. The number of nitrogens with zero attached hydrogens (tertiary/aromatic N) is 1. The third kappa shape index (κ3) is 4.43. The van der Waals surface area contributed by atoms with Gasteiger partial charge in [-0.25, -0.2) is 0 Å². The predicted octanol–water partition coefficient (Wildman–Crippen LogP) is 2.14. The van der Waals surface area contributed by atoms with E-state index < -0.39 is 0 Å². The van der Waals surface area contributed by atoms with Crippen LogP contribution in [-0.4, -0.2) is 49.2 Å². The van der Waals surface area contributed by atoms with Gasteiger partial charge in [0.15, 0.2) is 0 Å². The predicted molar refractivity (Wildman–Crippen MR) is 78.8 cm³/mol. The fourth-order valence-electron chi connectivity index (χ4n) is 3.42. The van der Waals surface area contributed by atoms with Crippen molar-refractivity contribution in [1.29, 1.82) is 0 Å². The minimum absolute atomic E-state index is 0.0232. The molecule has 0 aromatic carbocycles. The largest absolute Gasteiger partial charge is 0.469 e. The van der Waals surface area contributed by atoms with E-state index in [0.29, 0.717) is 26.0 Å². The fourth-order valence-corrected chi connectivity index (χ4v) is 3.42. The highest BCUT2D eigenvalue weighted by Crippen LogP contribution is 2.34. The Morgan fingerprint density at radius 2 is 1.95 bits per heavy atom. The second-order valence-electron chi connectivity index (χ2n) is 6.50. The average Bonchev–Trinajstić information content (AvgIpc) is 2.47. The van der Waals surface area contributed by atoms with Gasteiger partial charge in [0.05, 0.1) is 19.3 Å². The second-order valence-corrected chi connectivity index (χ2v) is 6.50. The summed E-state index contributed by atoms with van der Waals surface area (Å²) >= 11 is 0. The van der Waals surface area contributed by atoms with Crippen LogP contribution in [-0.2, 0) is 19.1 Å². The summed E-state index contributed by atoms with van der Waals surface area (Å²) in [5, 5.41) is 0. The van der Waals surface area contributed by atoms with Crippen LogP contribution < -0.4 is 0 Å². The van der Waals surface area contributed by atoms with Crippen LogP contribution in [0.3, 0.4) is 0 Å². The van der Waals surface area contributed by atoms with Gasteiger partial charge < -0.3 is 14.4 Å². The lowest BCUT2D eigenvalue weighted by Crippen LogP contribution is -2.54. The first-order valence-electron chi connectivity index (χ1n) is 8.03. The van der Waals surface area contributed by atoms with E-state index >= 15 is 0 Å². The van der Waals surface area contributed by atoms with Gasteiger partial charge in [0.25, 0.3) is 0 Å². The maximum atomic E-state index is 12.4. The lowest BCUT2D eigenvalue weighted by atomic mass is 9.83.